The van der Waals surface area contributed by atoms with Crippen molar-refractivity contribution < 1.29 is 0 Å². The van der Waals surface area contributed by atoms with E-state index in [2.05, 4.69) is 13.5 Å². The Kier molecular flexibility index (Phi) is 3.75. The smallest absolute Gasteiger partial charge is 0.111 e. The van der Waals surface area contributed by atoms with Crippen molar-refractivity contribution in [2.75, 3.05) is 0 Å². The minimum atomic E-state index is 0.843. The van der Waals surface area contributed by atoms with Gasteiger partial charge in [-0.25, -0.2) is 0 Å². The van der Waals surface area contributed by atoms with Gasteiger partial charge < -0.3 is 0 Å². The van der Waals surface area contributed by atoms with Crippen LogP contribution in [0, 0.1) is 0 Å². The van der Waals surface area contributed by atoms with E-state index in [-0.39, 0.29) is 0 Å². The average molecular weight is 150 g/mol. The van der Waals surface area contributed by atoms with E-state index in [0.29, 0.717) is 0 Å². The molecule has 0 aliphatic carbocycles. The molecule has 0 spiro atoms. The summed E-state index contributed by atoms with van der Waals surface area (Å²) in [5, 5.41) is 0. The van der Waals surface area contributed by atoms with Gasteiger partial charge in [-0.3, -0.25) is 0 Å². The summed E-state index contributed by atoms with van der Waals surface area (Å²) in [6.07, 6.45) is 10.0. The lowest BCUT2D eigenvalue weighted by Crippen LogP contribution is -2.14. The van der Waals surface area contributed by atoms with Gasteiger partial charge in [-0.05, 0) is 0 Å². The van der Waals surface area contributed by atoms with Gasteiger partial charge in [0.05, 0.1) is 0 Å². The van der Waals surface area contributed by atoms with E-state index in [1.807, 2.05) is 0 Å². The monoisotopic (exact) mass is 150 g/mol. The van der Waals surface area contributed by atoms with Crippen LogP contribution >= 0.6 is 0 Å². The Bertz CT molecular complexity index is 121. The Labute approximate surface area is 71.2 Å². The fourth-order valence-electron chi connectivity index (χ4n) is 1.95. The van der Waals surface area contributed by atoms with E-state index in [0.717, 1.165) is 6.71 Å². The molecule has 1 fully saturated rings. The first kappa shape index (κ1) is 8.90. The fourth-order valence-corrected chi connectivity index (χ4v) is 1.95. The second-order valence-electron chi connectivity index (χ2n) is 3.89. The molecule has 0 nitrogen and oxygen atoms in total. The first-order chi connectivity index (χ1) is 5.30. The lowest BCUT2D eigenvalue weighted by molar-refractivity contribution is 0.636. The highest BCUT2D eigenvalue weighted by Crippen LogP contribution is 2.21. The lowest BCUT2D eigenvalue weighted by Gasteiger charge is -2.16. The van der Waals surface area contributed by atoms with Crippen molar-refractivity contribution in [1.82, 2.24) is 0 Å². The molecule has 0 N–H and O–H groups in total. The number of allylic oxidation sites excluding steroid dienone is 1. The van der Waals surface area contributed by atoms with Crippen LogP contribution in [0.25, 0.3) is 0 Å². The second-order valence-corrected chi connectivity index (χ2v) is 3.89. The Morgan fingerprint density at radius 2 is 1.45 bits per heavy atom. The zero-order chi connectivity index (χ0) is 8.10. The van der Waals surface area contributed by atoms with E-state index >= 15 is 0 Å². The van der Waals surface area contributed by atoms with Gasteiger partial charge in [0, 0.05) is 0 Å². The van der Waals surface area contributed by atoms with E-state index in [4.69, 9.17) is 0 Å². The molecule has 0 unspecified atom stereocenters. The zero-order valence-electron chi connectivity index (χ0n) is 7.73. The summed E-state index contributed by atoms with van der Waals surface area (Å²) in [5.41, 5.74) is 1.41. The normalized spacial score (nSPS) is 20.6. The van der Waals surface area contributed by atoms with E-state index in [9.17, 15) is 0 Å². The third kappa shape index (κ3) is 3.13. The molecule has 1 rings (SSSR count). The summed E-state index contributed by atoms with van der Waals surface area (Å²) >= 11 is 0. The van der Waals surface area contributed by atoms with Crippen LogP contribution < -0.4 is 0 Å². The second kappa shape index (κ2) is 4.64. The minimum Gasteiger partial charge on any atom is -0.111 e. The van der Waals surface area contributed by atoms with Crippen molar-refractivity contribution in [3.05, 3.63) is 12.1 Å². The predicted molar refractivity (Wildman–Crippen MR) is 53.3 cm³/mol. The Hall–Kier alpha value is -0.195. The summed E-state index contributed by atoms with van der Waals surface area (Å²) in [7, 11) is 0. The molecule has 11 heavy (non-hydrogen) atoms. The molecule has 1 saturated heterocycles. The van der Waals surface area contributed by atoms with Crippen LogP contribution in [0.1, 0.15) is 39.0 Å². The van der Waals surface area contributed by atoms with Crippen molar-refractivity contribution in [3.8, 4) is 0 Å². The molecular weight excluding hydrogens is 131 g/mol. The molecule has 0 bridgehead atoms. The molecule has 0 aromatic heterocycles. The van der Waals surface area contributed by atoms with Crippen LogP contribution in [0.4, 0.5) is 0 Å². The van der Waals surface area contributed by atoms with Gasteiger partial charge in [-0.1, -0.05) is 51.7 Å². The van der Waals surface area contributed by atoms with Gasteiger partial charge in [-0.2, -0.15) is 0 Å². The van der Waals surface area contributed by atoms with Crippen molar-refractivity contribution in [2.24, 2.45) is 0 Å². The Balaban J connectivity index is 2.32. The van der Waals surface area contributed by atoms with Gasteiger partial charge >= 0.3 is 0 Å². The van der Waals surface area contributed by atoms with Crippen molar-refractivity contribution in [3.63, 3.8) is 0 Å². The summed E-state index contributed by atoms with van der Waals surface area (Å²) < 4.78 is 0. The topological polar surface area (TPSA) is 0 Å². The van der Waals surface area contributed by atoms with Crippen LogP contribution in [0.3, 0.4) is 0 Å². The molecule has 0 aromatic carbocycles. The van der Waals surface area contributed by atoms with Gasteiger partial charge in [0.15, 0.2) is 6.71 Å². The van der Waals surface area contributed by atoms with Crippen molar-refractivity contribution in [2.45, 2.75) is 51.7 Å². The minimum absolute atomic E-state index is 0.843. The average Bonchev–Trinajstić information content (AvgIpc) is 1.84. The van der Waals surface area contributed by atoms with Gasteiger partial charge in [0.25, 0.3) is 0 Å². The highest BCUT2D eigenvalue weighted by Gasteiger charge is 2.14. The fraction of sp³-hybridized carbons (Fsp3) is 0.800. The lowest BCUT2D eigenvalue weighted by atomic mass is 9.39. The van der Waals surface area contributed by atoms with Crippen molar-refractivity contribution in [1.29, 1.82) is 0 Å². The largest absolute Gasteiger partial charge is 0.169 e. The molecule has 0 amide bonds. The zero-order valence-corrected chi connectivity index (χ0v) is 7.73. The number of hydrogen-bond acceptors (Lipinski definition) is 0. The first-order valence-corrected chi connectivity index (χ1v) is 4.96. The first-order valence-electron chi connectivity index (χ1n) is 4.96. The van der Waals surface area contributed by atoms with Crippen LogP contribution in [0.2, 0.25) is 12.6 Å². The quantitative estimate of drug-likeness (QED) is 0.501. The molecular formula is C10H19B. The molecule has 0 aromatic rings. The molecule has 1 heteroatoms. The third-order valence-electron chi connectivity index (χ3n) is 2.80. The van der Waals surface area contributed by atoms with Crippen LogP contribution in [-0.4, -0.2) is 6.71 Å². The molecule has 1 heterocycles. The number of hydrogen-bond donors (Lipinski definition) is 0. The van der Waals surface area contributed by atoms with Crippen LogP contribution in [-0.2, 0) is 0 Å². The Morgan fingerprint density at radius 3 is 1.91 bits per heavy atom. The third-order valence-corrected chi connectivity index (χ3v) is 2.80. The molecule has 0 atom stereocenters. The molecule has 1 aliphatic heterocycles. The highest BCUT2D eigenvalue weighted by atomic mass is 14.0. The van der Waals surface area contributed by atoms with Gasteiger partial charge in [0.2, 0.25) is 0 Å². The molecule has 0 radical (unpaired) electrons. The molecule has 0 saturated carbocycles. The molecule has 1 aliphatic rings. The van der Waals surface area contributed by atoms with Gasteiger partial charge in [0.1, 0.15) is 0 Å². The number of rotatable bonds is 1. The van der Waals surface area contributed by atoms with Gasteiger partial charge in [-0.15, -0.1) is 12.1 Å². The van der Waals surface area contributed by atoms with E-state index < -0.39 is 0 Å². The summed E-state index contributed by atoms with van der Waals surface area (Å²) in [4.78, 5) is 0. The van der Waals surface area contributed by atoms with Crippen LogP contribution in [0.5, 0.6) is 0 Å². The van der Waals surface area contributed by atoms with E-state index in [1.165, 1.54) is 50.2 Å². The maximum atomic E-state index is 4.05. The Morgan fingerprint density at radius 1 is 1.00 bits per heavy atom. The standard InChI is InChI=1S/C10H19B/c1-10(2)11-8-6-4-3-5-7-9-11/h1,3-9H2,2H3. The summed E-state index contributed by atoms with van der Waals surface area (Å²) in [6.45, 7) is 7.08. The predicted octanol–water partition coefficient (Wildman–Crippen LogP) is 3.56. The summed E-state index contributed by atoms with van der Waals surface area (Å²) in [6, 6.07) is 0. The summed E-state index contributed by atoms with van der Waals surface area (Å²) in [5.74, 6) is 0. The van der Waals surface area contributed by atoms with Crippen molar-refractivity contribution >= 4 is 6.71 Å². The highest BCUT2D eigenvalue weighted by molar-refractivity contribution is 6.66. The maximum absolute atomic E-state index is 4.05. The van der Waals surface area contributed by atoms with E-state index in [1.54, 1.807) is 0 Å². The van der Waals surface area contributed by atoms with Crippen LogP contribution in [0.15, 0.2) is 12.1 Å². The SMILES string of the molecule is C=C(C)B1CCCCCCC1. The molecule has 62 valence electrons. The maximum Gasteiger partial charge on any atom is 0.169 e.